The maximum atomic E-state index is 5.59. The molecule has 0 radical (unpaired) electrons. The van der Waals surface area contributed by atoms with Crippen LogP contribution in [-0.2, 0) is 6.42 Å². The Kier molecular flexibility index (Phi) is 4.20. The van der Waals surface area contributed by atoms with Crippen LogP contribution >= 0.6 is 15.9 Å². The van der Waals surface area contributed by atoms with Crippen molar-refractivity contribution >= 4 is 21.6 Å². The first kappa shape index (κ1) is 14.5. The van der Waals surface area contributed by atoms with Gasteiger partial charge in [0.15, 0.2) is 0 Å². The van der Waals surface area contributed by atoms with Gasteiger partial charge < -0.3 is 10.1 Å². The van der Waals surface area contributed by atoms with Crippen LogP contribution in [0.4, 0.5) is 5.69 Å². The summed E-state index contributed by atoms with van der Waals surface area (Å²) in [5, 5.41) is 3.67. The molecule has 0 fully saturated rings. The molecule has 0 saturated heterocycles. The third-order valence-electron chi connectivity index (χ3n) is 4.05. The molecule has 1 N–H and O–H groups in total. The van der Waals surface area contributed by atoms with Gasteiger partial charge in [-0.1, -0.05) is 35.0 Å². The molecule has 1 aliphatic heterocycles. The van der Waals surface area contributed by atoms with E-state index in [2.05, 4.69) is 71.5 Å². The van der Waals surface area contributed by atoms with Gasteiger partial charge in [0.05, 0.1) is 12.6 Å². The van der Waals surface area contributed by atoms with Crippen LogP contribution in [0.1, 0.15) is 36.1 Å². The van der Waals surface area contributed by atoms with Gasteiger partial charge in [0.1, 0.15) is 5.75 Å². The first-order valence-electron chi connectivity index (χ1n) is 7.45. The first-order valence-corrected chi connectivity index (χ1v) is 8.25. The number of ether oxygens (including phenoxy) is 1. The third-order valence-corrected chi connectivity index (χ3v) is 4.55. The van der Waals surface area contributed by atoms with Crippen molar-refractivity contribution in [2.45, 2.75) is 32.7 Å². The summed E-state index contributed by atoms with van der Waals surface area (Å²) in [5.41, 5.74) is 5.12. The van der Waals surface area contributed by atoms with Gasteiger partial charge in [-0.05, 0) is 54.3 Å². The molecule has 2 nitrogen and oxygen atoms in total. The van der Waals surface area contributed by atoms with Crippen LogP contribution in [0.15, 0.2) is 40.9 Å². The fourth-order valence-electron chi connectivity index (χ4n) is 2.78. The molecule has 0 saturated carbocycles. The zero-order chi connectivity index (χ0) is 14.8. The Bertz CT molecular complexity index is 654. The minimum absolute atomic E-state index is 0.323. The van der Waals surface area contributed by atoms with Gasteiger partial charge >= 0.3 is 0 Å². The van der Waals surface area contributed by atoms with E-state index in [0.29, 0.717) is 6.04 Å². The Hall–Kier alpha value is -1.48. The standard InChI is InChI=1S/C18H20BrNO/c1-3-16(20-17-11-15(19)6-4-12(17)2)13-5-7-18-14(10-13)8-9-21-18/h4-7,10-11,16,20H,3,8-9H2,1-2H3. The molecular weight excluding hydrogens is 326 g/mol. The molecule has 0 aliphatic carbocycles. The average Bonchev–Trinajstić information content (AvgIpc) is 2.95. The lowest BCUT2D eigenvalue weighted by molar-refractivity contribution is 0.357. The zero-order valence-electron chi connectivity index (χ0n) is 12.4. The SMILES string of the molecule is CCC(Nc1cc(Br)ccc1C)c1ccc2c(c1)CCO2. The Morgan fingerprint density at radius 2 is 2.10 bits per heavy atom. The molecular formula is C18H20BrNO. The average molecular weight is 346 g/mol. The molecule has 2 aromatic rings. The van der Waals surface area contributed by atoms with Crippen molar-refractivity contribution in [3.63, 3.8) is 0 Å². The van der Waals surface area contributed by atoms with Gasteiger partial charge in [-0.25, -0.2) is 0 Å². The van der Waals surface area contributed by atoms with E-state index in [9.17, 15) is 0 Å². The van der Waals surface area contributed by atoms with Crippen LogP contribution in [0.25, 0.3) is 0 Å². The number of nitrogens with one attached hydrogen (secondary N) is 1. The van der Waals surface area contributed by atoms with Gasteiger partial charge in [-0.15, -0.1) is 0 Å². The van der Waals surface area contributed by atoms with Gasteiger partial charge in [0.2, 0.25) is 0 Å². The van der Waals surface area contributed by atoms with E-state index in [1.807, 2.05) is 0 Å². The molecule has 1 unspecified atom stereocenters. The van der Waals surface area contributed by atoms with Crippen LogP contribution in [0.2, 0.25) is 0 Å². The molecule has 1 aliphatic rings. The summed E-state index contributed by atoms with van der Waals surface area (Å²) in [6.45, 7) is 5.17. The van der Waals surface area contributed by atoms with Crippen LogP contribution < -0.4 is 10.1 Å². The predicted molar refractivity (Wildman–Crippen MR) is 91.2 cm³/mol. The first-order chi connectivity index (χ1) is 10.2. The Morgan fingerprint density at radius 1 is 1.24 bits per heavy atom. The summed E-state index contributed by atoms with van der Waals surface area (Å²) in [7, 11) is 0. The van der Waals surface area contributed by atoms with Crippen molar-refractivity contribution in [2.24, 2.45) is 0 Å². The van der Waals surface area contributed by atoms with Crippen molar-refractivity contribution in [3.8, 4) is 5.75 Å². The second-order valence-electron chi connectivity index (χ2n) is 5.53. The summed E-state index contributed by atoms with van der Waals surface area (Å²) < 4.78 is 6.70. The smallest absolute Gasteiger partial charge is 0.122 e. The maximum absolute atomic E-state index is 5.59. The molecule has 0 amide bonds. The molecule has 0 spiro atoms. The van der Waals surface area contributed by atoms with Crippen molar-refractivity contribution < 1.29 is 4.74 Å². The molecule has 0 bridgehead atoms. The molecule has 1 heterocycles. The normalized spacial score (nSPS) is 14.4. The van der Waals surface area contributed by atoms with E-state index in [4.69, 9.17) is 4.74 Å². The molecule has 110 valence electrons. The number of anilines is 1. The number of hydrogen-bond donors (Lipinski definition) is 1. The molecule has 3 rings (SSSR count). The van der Waals surface area contributed by atoms with Crippen molar-refractivity contribution in [1.29, 1.82) is 0 Å². The van der Waals surface area contributed by atoms with Gasteiger partial charge in [0, 0.05) is 16.6 Å². The third kappa shape index (κ3) is 3.08. The van der Waals surface area contributed by atoms with Gasteiger partial charge in [-0.2, -0.15) is 0 Å². The number of aryl methyl sites for hydroxylation is 1. The van der Waals surface area contributed by atoms with Gasteiger partial charge in [-0.3, -0.25) is 0 Å². The monoisotopic (exact) mass is 345 g/mol. The lowest BCUT2D eigenvalue weighted by atomic mass is 10.00. The highest BCUT2D eigenvalue weighted by Gasteiger charge is 2.16. The van der Waals surface area contributed by atoms with E-state index in [-0.39, 0.29) is 0 Å². The summed E-state index contributed by atoms with van der Waals surface area (Å²) >= 11 is 3.55. The summed E-state index contributed by atoms with van der Waals surface area (Å²) in [6.07, 6.45) is 2.07. The minimum atomic E-state index is 0.323. The lowest BCUT2D eigenvalue weighted by Crippen LogP contribution is -2.10. The second kappa shape index (κ2) is 6.10. The van der Waals surface area contributed by atoms with Crippen molar-refractivity contribution in [3.05, 3.63) is 57.6 Å². The highest BCUT2D eigenvalue weighted by molar-refractivity contribution is 9.10. The van der Waals surface area contributed by atoms with E-state index in [1.54, 1.807) is 0 Å². The lowest BCUT2D eigenvalue weighted by Gasteiger charge is -2.21. The molecule has 2 aromatic carbocycles. The van der Waals surface area contributed by atoms with Crippen LogP contribution in [-0.4, -0.2) is 6.61 Å². The van der Waals surface area contributed by atoms with Crippen LogP contribution in [0.3, 0.4) is 0 Å². The number of hydrogen-bond acceptors (Lipinski definition) is 2. The van der Waals surface area contributed by atoms with Gasteiger partial charge in [0.25, 0.3) is 0 Å². The predicted octanol–water partition coefficient (Wildman–Crippen LogP) is 5.26. The van der Waals surface area contributed by atoms with Crippen LogP contribution in [0, 0.1) is 6.92 Å². The molecule has 0 aromatic heterocycles. The van der Waals surface area contributed by atoms with E-state index in [0.717, 1.165) is 29.7 Å². The number of rotatable bonds is 4. The number of halogens is 1. The Labute approximate surface area is 134 Å². The zero-order valence-corrected chi connectivity index (χ0v) is 14.0. The van der Waals surface area contributed by atoms with Crippen molar-refractivity contribution in [1.82, 2.24) is 0 Å². The highest BCUT2D eigenvalue weighted by atomic mass is 79.9. The van der Waals surface area contributed by atoms with E-state index >= 15 is 0 Å². The fourth-order valence-corrected chi connectivity index (χ4v) is 3.14. The van der Waals surface area contributed by atoms with E-state index < -0.39 is 0 Å². The second-order valence-corrected chi connectivity index (χ2v) is 6.45. The van der Waals surface area contributed by atoms with E-state index in [1.165, 1.54) is 22.4 Å². The fraction of sp³-hybridized carbons (Fsp3) is 0.333. The topological polar surface area (TPSA) is 21.3 Å². The summed E-state index contributed by atoms with van der Waals surface area (Å²) in [6, 6.07) is 13.3. The largest absolute Gasteiger partial charge is 0.493 e. The maximum Gasteiger partial charge on any atom is 0.122 e. The number of fused-ring (bicyclic) bond motifs is 1. The Morgan fingerprint density at radius 3 is 2.90 bits per heavy atom. The molecule has 21 heavy (non-hydrogen) atoms. The number of benzene rings is 2. The van der Waals surface area contributed by atoms with Crippen LogP contribution in [0.5, 0.6) is 5.75 Å². The molecule has 3 heteroatoms. The minimum Gasteiger partial charge on any atom is -0.493 e. The summed E-state index contributed by atoms with van der Waals surface area (Å²) in [5.74, 6) is 1.05. The van der Waals surface area contributed by atoms with Crippen molar-refractivity contribution in [2.75, 3.05) is 11.9 Å². The Balaban J connectivity index is 1.86. The summed E-state index contributed by atoms with van der Waals surface area (Å²) in [4.78, 5) is 0. The highest BCUT2D eigenvalue weighted by Crippen LogP contribution is 2.32. The quantitative estimate of drug-likeness (QED) is 0.816. The molecule has 1 atom stereocenters.